The Hall–Kier alpha value is -2.20. The number of ether oxygens (including phenoxy) is 2. The largest absolute Gasteiger partial charge is 0.494 e. The summed E-state index contributed by atoms with van der Waals surface area (Å²) in [4.78, 5) is 19.9. The van der Waals surface area contributed by atoms with Crippen molar-refractivity contribution in [3.63, 3.8) is 0 Å². The smallest absolute Gasteiger partial charge is 0.228 e. The average Bonchev–Trinajstić information content (AvgIpc) is 3.48. The van der Waals surface area contributed by atoms with E-state index < -0.39 is 9.84 Å². The van der Waals surface area contributed by atoms with Crippen LogP contribution in [-0.4, -0.2) is 51.4 Å². The second kappa shape index (κ2) is 10.6. The van der Waals surface area contributed by atoms with Crippen LogP contribution in [0.25, 0.3) is 10.2 Å². The third-order valence-corrected chi connectivity index (χ3v) is 9.11. The van der Waals surface area contributed by atoms with Gasteiger partial charge in [-0.2, -0.15) is 0 Å². The molecule has 1 saturated heterocycles. The number of benzene rings is 2. The van der Waals surface area contributed by atoms with Gasteiger partial charge in [-0.05, 0) is 62.1 Å². The van der Waals surface area contributed by atoms with E-state index in [4.69, 9.17) is 26.1 Å². The van der Waals surface area contributed by atoms with Crippen molar-refractivity contribution < 1.29 is 22.7 Å². The number of hydrogen-bond donors (Lipinski definition) is 0. The fourth-order valence-electron chi connectivity index (χ4n) is 3.97. The van der Waals surface area contributed by atoms with Crippen LogP contribution in [0.1, 0.15) is 31.2 Å². The van der Waals surface area contributed by atoms with Gasteiger partial charge < -0.3 is 9.47 Å². The first-order valence-electron chi connectivity index (χ1n) is 11.1. The first-order chi connectivity index (χ1) is 16.3. The van der Waals surface area contributed by atoms with Gasteiger partial charge in [0.1, 0.15) is 11.3 Å². The number of fused-ring (bicyclic) bond motifs is 1. The van der Waals surface area contributed by atoms with E-state index in [9.17, 15) is 13.2 Å². The summed E-state index contributed by atoms with van der Waals surface area (Å²) in [6, 6.07) is 9.91. The number of halogens is 1. The molecule has 1 aliphatic rings. The molecule has 1 amide bonds. The lowest BCUT2D eigenvalue weighted by atomic mass is 10.2. The van der Waals surface area contributed by atoms with Crippen molar-refractivity contribution in [2.45, 2.75) is 43.6 Å². The SMILES string of the molecule is COc1ccc(C)c2sc(N(CC3CCCO3)C(=O)CCCS(=O)(=O)c3ccc(Cl)cc3)nc12. The van der Waals surface area contributed by atoms with Gasteiger partial charge in [-0.25, -0.2) is 13.4 Å². The molecule has 1 fully saturated rings. The predicted molar refractivity (Wildman–Crippen MR) is 135 cm³/mol. The first-order valence-corrected chi connectivity index (χ1v) is 14.0. The lowest BCUT2D eigenvalue weighted by molar-refractivity contribution is -0.119. The number of anilines is 1. The summed E-state index contributed by atoms with van der Waals surface area (Å²) in [5.41, 5.74) is 1.77. The van der Waals surface area contributed by atoms with E-state index in [1.807, 2.05) is 19.1 Å². The van der Waals surface area contributed by atoms with Crippen molar-refractivity contribution in [1.29, 1.82) is 0 Å². The molecule has 3 aromatic rings. The topological polar surface area (TPSA) is 85.8 Å². The Labute approximate surface area is 208 Å². The minimum Gasteiger partial charge on any atom is -0.494 e. The maximum absolute atomic E-state index is 13.3. The molecule has 1 aromatic heterocycles. The number of nitrogens with zero attached hydrogens (tertiary/aromatic N) is 2. The van der Waals surface area contributed by atoms with Crippen LogP contribution in [0.15, 0.2) is 41.3 Å². The van der Waals surface area contributed by atoms with Gasteiger partial charge in [0.25, 0.3) is 0 Å². The van der Waals surface area contributed by atoms with Crippen molar-refractivity contribution in [2.75, 3.05) is 30.9 Å². The van der Waals surface area contributed by atoms with E-state index in [0.29, 0.717) is 29.1 Å². The zero-order chi connectivity index (χ0) is 24.3. The van der Waals surface area contributed by atoms with Gasteiger partial charge >= 0.3 is 0 Å². The van der Waals surface area contributed by atoms with Gasteiger partial charge in [0.15, 0.2) is 15.0 Å². The summed E-state index contributed by atoms with van der Waals surface area (Å²) < 4.78 is 37.5. The second-order valence-electron chi connectivity index (χ2n) is 8.27. The highest BCUT2D eigenvalue weighted by Crippen LogP contribution is 2.37. The summed E-state index contributed by atoms with van der Waals surface area (Å²) in [6.07, 6.45) is 2.07. The Balaban J connectivity index is 1.53. The maximum Gasteiger partial charge on any atom is 0.228 e. The van der Waals surface area contributed by atoms with E-state index in [1.165, 1.54) is 23.5 Å². The van der Waals surface area contributed by atoms with Crippen LogP contribution in [0, 0.1) is 6.92 Å². The van der Waals surface area contributed by atoms with Gasteiger partial charge in [0.2, 0.25) is 5.91 Å². The number of methoxy groups -OCH3 is 1. The van der Waals surface area contributed by atoms with Crippen LogP contribution in [0.4, 0.5) is 5.13 Å². The van der Waals surface area contributed by atoms with Crippen molar-refractivity contribution in [1.82, 2.24) is 4.98 Å². The number of carbonyl (C=O) groups excluding carboxylic acids is 1. The van der Waals surface area contributed by atoms with E-state index >= 15 is 0 Å². The monoisotopic (exact) mass is 522 g/mol. The second-order valence-corrected chi connectivity index (χ2v) is 11.8. The first kappa shape index (κ1) is 24.9. The Morgan fingerprint density at radius 2 is 2.03 bits per heavy atom. The summed E-state index contributed by atoms with van der Waals surface area (Å²) in [7, 11) is -1.91. The minimum atomic E-state index is -3.50. The van der Waals surface area contributed by atoms with Crippen molar-refractivity contribution >= 4 is 54.0 Å². The minimum absolute atomic E-state index is 0.0586. The normalized spacial score (nSPS) is 16.1. The lowest BCUT2D eigenvalue weighted by Crippen LogP contribution is -2.37. The fraction of sp³-hybridized carbons (Fsp3) is 0.417. The van der Waals surface area contributed by atoms with E-state index in [1.54, 1.807) is 24.1 Å². The molecule has 1 atom stereocenters. The van der Waals surface area contributed by atoms with E-state index in [-0.39, 0.29) is 35.5 Å². The highest BCUT2D eigenvalue weighted by Gasteiger charge is 2.27. The molecule has 34 heavy (non-hydrogen) atoms. The Morgan fingerprint density at radius 3 is 2.71 bits per heavy atom. The van der Waals surface area contributed by atoms with E-state index in [2.05, 4.69) is 0 Å². The lowest BCUT2D eigenvalue weighted by Gasteiger charge is -2.23. The third kappa shape index (κ3) is 5.54. The Bertz CT molecular complexity index is 1270. The molecule has 182 valence electrons. The van der Waals surface area contributed by atoms with Crippen LogP contribution in [0.2, 0.25) is 5.02 Å². The van der Waals surface area contributed by atoms with Crippen LogP contribution < -0.4 is 9.64 Å². The number of rotatable bonds is 9. The third-order valence-electron chi connectivity index (χ3n) is 5.83. The van der Waals surface area contributed by atoms with Gasteiger partial charge in [-0.1, -0.05) is 29.0 Å². The summed E-state index contributed by atoms with van der Waals surface area (Å²) in [5, 5.41) is 1.05. The number of thiazole rings is 1. The quantitative estimate of drug-likeness (QED) is 0.391. The van der Waals surface area contributed by atoms with Gasteiger partial charge in [0, 0.05) is 18.1 Å². The van der Waals surface area contributed by atoms with Crippen molar-refractivity contribution in [3.05, 3.63) is 47.0 Å². The van der Waals surface area contributed by atoms with Crippen LogP contribution >= 0.6 is 22.9 Å². The molecule has 0 saturated carbocycles. The molecule has 4 rings (SSSR count). The van der Waals surface area contributed by atoms with Crippen LogP contribution in [-0.2, 0) is 19.4 Å². The molecule has 0 N–H and O–H groups in total. The van der Waals surface area contributed by atoms with Gasteiger partial charge in [-0.3, -0.25) is 9.69 Å². The number of sulfone groups is 1. The van der Waals surface area contributed by atoms with Gasteiger partial charge in [-0.15, -0.1) is 0 Å². The van der Waals surface area contributed by atoms with Gasteiger partial charge in [0.05, 0.1) is 35.1 Å². The summed E-state index contributed by atoms with van der Waals surface area (Å²) in [6.45, 7) is 3.07. The molecule has 0 radical (unpaired) electrons. The Morgan fingerprint density at radius 1 is 1.26 bits per heavy atom. The number of aromatic nitrogens is 1. The summed E-state index contributed by atoms with van der Waals surface area (Å²) in [5.74, 6) is 0.361. The van der Waals surface area contributed by atoms with Crippen LogP contribution in [0.3, 0.4) is 0 Å². The molecule has 2 heterocycles. The fourth-order valence-corrected chi connectivity index (χ4v) is 6.48. The average molecular weight is 523 g/mol. The highest BCUT2D eigenvalue weighted by atomic mass is 35.5. The highest BCUT2D eigenvalue weighted by molar-refractivity contribution is 7.91. The zero-order valence-electron chi connectivity index (χ0n) is 19.1. The molecule has 7 nitrogen and oxygen atoms in total. The molecule has 1 unspecified atom stereocenters. The van der Waals surface area contributed by atoms with Crippen molar-refractivity contribution in [2.24, 2.45) is 0 Å². The molecule has 0 aliphatic carbocycles. The molecule has 2 aromatic carbocycles. The molecular formula is C24H27ClN2O5S2. The molecule has 1 aliphatic heterocycles. The predicted octanol–water partition coefficient (Wildman–Crippen LogP) is 5.03. The molecular weight excluding hydrogens is 496 g/mol. The molecule has 10 heteroatoms. The number of hydrogen-bond acceptors (Lipinski definition) is 7. The van der Waals surface area contributed by atoms with E-state index in [0.717, 1.165) is 28.6 Å². The number of aryl methyl sites for hydroxylation is 1. The number of carbonyl (C=O) groups is 1. The molecule has 0 bridgehead atoms. The standard InChI is InChI=1S/C24H27ClN2O5S2/c1-16-7-12-20(31-2)22-23(16)33-24(26-22)27(15-18-5-3-13-32-18)21(28)6-4-14-34(29,30)19-10-8-17(25)9-11-19/h7-12,18H,3-6,13-15H2,1-2H3. The maximum atomic E-state index is 13.3. The summed E-state index contributed by atoms with van der Waals surface area (Å²) >= 11 is 7.30. The Kier molecular flexibility index (Phi) is 7.77. The van der Waals surface area contributed by atoms with Crippen LogP contribution in [0.5, 0.6) is 5.75 Å². The zero-order valence-corrected chi connectivity index (χ0v) is 21.5. The van der Waals surface area contributed by atoms with Crippen molar-refractivity contribution in [3.8, 4) is 5.75 Å². The molecule has 0 spiro atoms. The number of amides is 1.